The zero-order valence-corrected chi connectivity index (χ0v) is 14.4. The molecule has 2 heterocycles. The van der Waals surface area contributed by atoms with Crippen LogP contribution in [0.5, 0.6) is 0 Å². The maximum Gasteiger partial charge on any atom is 0.251 e. The Hall–Kier alpha value is -1.61. The van der Waals surface area contributed by atoms with Gasteiger partial charge in [-0.05, 0) is 55.9 Å². The molecule has 0 unspecified atom stereocenters. The number of halogens is 1. The van der Waals surface area contributed by atoms with Gasteiger partial charge >= 0.3 is 0 Å². The molecule has 22 heavy (non-hydrogen) atoms. The van der Waals surface area contributed by atoms with E-state index in [1.165, 1.54) is 11.6 Å². The van der Waals surface area contributed by atoms with Gasteiger partial charge in [0.15, 0.2) is 0 Å². The summed E-state index contributed by atoms with van der Waals surface area (Å²) in [5, 5.41) is 0.584. The molecule has 0 radical (unpaired) electrons. The van der Waals surface area contributed by atoms with Crippen LogP contribution in [-0.4, -0.2) is 9.55 Å². The largest absolute Gasteiger partial charge is 0.308 e. The third kappa shape index (κ3) is 3.77. The van der Waals surface area contributed by atoms with Crippen LogP contribution >= 0.6 is 11.6 Å². The molecule has 3 nitrogen and oxygen atoms in total. The Morgan fingerprint density at radius 3 is 2.32 bits per heavy atom. The Labute approximate surface area is 137 Å². The molecule has 2 rings (SSSR count). The van der Waals surface area contributed by atoms with Gasteiger partial charge in [-0.15, -0.1) is 0 Å². The first-order valence-corrected chi connectivity index (χ1v) is 7.89. The number of hydrogen-bond donors (Lipinski definition) is 0. The molecular formula is C18H23ClN2O. The molecular weight excluding hydrogens is 296 g/mol. The highest BCUT2D eigenvalue weighted by Gasteiger charge is 2.27. The fourth-order valence-corrected chi connectivity index (χ4v) is 2.78. The summed E-state index contributed by atoms with van der Waals surface area (Å²) >= 11 is 6.04. The molecule has 0 bridgehead atoms. The average molecular weight is 319 g/mol. The maximum absolute atomic E-state index is 12.1. The van der Waals surface area contributed by atoms with Crippen LogP contribution in [0.3, 0.4) is 0 Å². The van der Waals surface area contributed by atoms with Crippen LogP contribution in [-0.2, 0) is 11.0 Å². The standard InChI is InChI=1S/C18H23ClN2O/c1-17(2,14-7-11-20-12-8-14)9-10-18(3,4)21-13-15(19)5-6-16(21)22/h5-8,11-13H,9-10H2,1-4H3. The van der Waals surface area contributed by atoms with E-state index in [-0.39, 0.29) is 16.5 Å². The van der Waals surface area contributed by atoms with Gasteiger partial charge in [0.1, 0.15) is 0 Å². The van der Waals surface area contributed by atoms with Gasteiger partial charge < -0.3 is 4.57 Å². The van der Waals surface area contributed by atoms with E-state index in [0.29, 0.717) is 5.02 Å². The lowest BCUT2D eigenvalue weighted by Crippen LogP contribution is -2.37. The maximum atomic E-state index is 12.1. The normalized spacial score (nSPS) is 12.4. The molecule has 0 aromatic carbocycles. The van der Waals surface area contributed by atoms with E-state index >= 15 is 0 Å². The lowest BCUT2D eigenvalue weighted by molar-refractivity contribution is 0.277. The smallest absolute Gasteiger partial charge is 0.251 e. The second-order valence-corrected chi connectivity index (χ2v) is 7.42. The van der Waals surface area contributed by atoms with Crippen molar-refractivity contribution in [1.82, 2.24) is 9.55 Å². The van der Waals surface area contributed by atoms with E-state index in [1.807, 2.05) is 12.4 Å². The van der Waals surface area contributed by atoms with Crippen molar-refractivity contribution in [3.63, 3.8) is 0 Å². The summed E-state index contributed by atoms with van der Waals surface area (Å²) in [6.45, 7) is 8.60. The summed E-state index contributed by atoms with van der Waals surface area (Å²) in [5.41, 5.74) is 0.988. The minimum atomic E-state index is -0.285. The van der Waals surface area contributed by atoms with Gasteiger partial charge in [-0.25, -0.2) is 0 Å². The summed E-state index contributed by atoms with van der Waals surface area (Å²) < 4.78 is 1.73. The number of hydrogen-bond acceptors (Lipinski definition) is 2. The second kappa shape index (κ2) is 6.25. The highest BCUT2D eigenvalue weighted by molar-refractivity contribution is 6.30. The Kier molecular flexibility index (Phi) is 4.76. The number of rotatable bonds is 5. The number of aromatic nitrogens is 2. The van der Waals surface area contributed by atoms with Crippen LogP contribution in [0.15, 0.2) is 47.7 Å². The fourth-order valence-electron chi connectivity index (χ4n) is 2.62. The lowest BCUT2D eigenvalue weighted by atomic mass is 9.78. The predicted octanol–water partition coefficient (Wildman–Crippen LogP) is 4.39. The molecule has 2 aromatic heterocycles. The van der Waals surface area contributed by atoms with E-state index in [9.17, 15) is 4.79 Å². The van der Waals surface area contributed by atoms with Crippen molar-refractivity contribution in [3.8, 4) is 0 Å². The summed E-state index contributed by atoms with van der Waals surface area (Å²) in [7, 11) is 0. The molecule has 0 amide bonds. The first-order valence-electron chi connectivity index (χ1n) is 7.52. The van der Waals surface area contributed by atoms with Crippen molar-refractivity contribution < 1.29 is 0 Å². The average Bonchev–Trinajstić information content (AvgIpc) is 2.49. The van der Waals surface area contributed by atoms with Gasteiger partial charge in [0, 0.05) is 30.2 Å². The molecule has 0 fully saturated rings. The van der Waals surface area contributed by atoms with Crippen molar-refractivity contribution in [1.29, 1.82) is 0 Å². The van der Waals surface area contributed by atoms with Crippen molar-refractivity contribution in [2.24, 2.45) is 0 Å². The van der Waals surface area contributed by atoms with Gasteiger partial charge in [-0.2, -0.15) is 0 Å². The molecule has 0 aliphatic rings. The molecule has 0 atom stereocenters. The van der Waals surface area contributed by atoms with Gasteiger partial charge in [-0.3, -0.25) is 9.78 Å². The Balaban J connectivity index is 2.19. The molecule has 2 aromatic rings. The SMILES string of the molecule is CC(C)(CCC(C)(C)n1cc(Cl)ccc1=O)c1ccncc1. The van der Waals surface area contributed by atoms with Gasteiger partial charge in [-0.1, -0.05) is 25.4 Å². The van der Waals surface area contributed by atoms with E-state index in [4.69, 9.17) is 11.6 Å². The van der Waals surface area contributed by atoms with Crippen molar-refractivity contribution in [2.75, 3.05) is 0 Å². The highest BCUT2D eigenvalue weighted by Crippen LogP contribution is 2.32. The molecule has 4 heteroatoms. The third-order valence-electron chi connectivity index (χ3n) is 4.35. The molecule has 0 N–H and O–H groups in total. The molecule has 118 valence electrons. The van der Waals surface area contributed by atoms with Crippen LogP contribution in [0.2, 0.25) is 5.02 Å². The quantitative estimate of drug-likeness (QED) is 0.819. The van der Waals surface area contributed by atoms with Crippen molar-refractivity contribution >= 4 is 11.6 Å². The summed E-state index contributed by atoms with van der Waals surface area (Å²) in [6.07, 6.45) is 7.21. The van der Waals surface area contributed by atoms with Crippen LogP contribution in [0.1, 0.15) is 46.1 Å². The van der Waals surface area contributed by atoms with Crippen molar-refractivity contribution in [3.05, 3.63) is 63.8 Å². The first kappa shape index (κ1) is 16.8. The van der Waals surface area contributed by atoms with Crippen LogP contribution in [0.25, 0.3) is 0 Å². The Morgan fingerprint density at radius 1 is 1.05 bits per heavy atom. The monoisotopic (exact) mass is 318 g/mol. The van der Waals surface area contributed by atoms with E-state index in [2.05, 4.69) is 44.8 Å². The first-order chi connectivity index (χ1) is 10.2. The Morgan fingerprint density at radius 2 is 1.68 bits per heavy atom. The molecule has 0 saturated carbocycles. The molecule has 0 aliphatic carbocycles. The van der Waals surface area contributed by atoms with E-state index in [1.54, 1.807) is 16.8 Å². The van der Waals surface area contributed by atoms with Crippen LogP contribution < -0.4 is 5.56 Å². The Bertz CT molecular complexity index is 690. The summed E-state index contributed by atoms with van der Waals surface area (Å²) in [4.78, 5) is 16.2. The molecule has 0 saturated heterocycles. The topological polar surface area (TPSA) is 34.9 Å². The van der Waals surface area contributed by atoms with Gasteiger partial charge in [0.25, 0.3) is 5.56 Å². The van der Waals surface area contributed by atoms with Gasteiger partial charge in [0.05, 0.1) is 5.02 Å². The lowest BCUT2D eigenvalue weighted by Gasteiger charge is -2.33. The summed E-state index contributed by atoms with van der Waals surface area (Å²) in [5.74, 6) is 0. The number of nitrogens with zero attached hydrogens (tertiary/aromatic N) is 2. The fraction of sp³-hybridized carbons (Fsp3) is 0.444. The molecule has 0 aliphatic heterocycles. The predicted molar refractivity (Wildman–Crippen MR) is 91.5 cm³/mol. The van der Waals surface area contributed by atoms with Crippen LogP contribution in [0, 0.1) is 0 Å². The minimum absolute atomic E-state index is 0.0175. The molecule has 0 spiro atoms. The number of pyridine rings is 2. The van der Waals surface area contributed by atoms with Crippen LogP contribution in [0.4, 0.5) is 0 Å². The summed E-state index contributed by atoms with van der Waals surface area (Å²) in [6, 6.07) is 7.27. The van der Waals surface area contributed by atoms with Gasteiger partial charge in [0.2, 0.25) is 0 Å². The van der Waals surface area contributed by atoms with E-state index < -0.39 is 0 Å². The second-order valence-electron chi connectivity index (χ2n) is 6.99. The third-order valence-corrected chi connectivity index (χ3v) is 4.57. The zero-order valence-electron chi connectivity index (χ0n) is 13.6. The van der Waals surface area contributed by atoms with Crippen molar-refractivity contribution in [2.45, 2.75) is 51.5 Å². The van der Waals surface area contributed by atoms with E-state index in [0.717, 1.165) is 12.8 Å². The minimum Gasteiger partial charge on any atom is -0.308 e. The highest BCUT2D eigenvalue weighted by atomic mass is 35.5. The zero-order chi connectivity index (χ0) is 16.4.